The van der Waals surface area contributed by atoms with Crippen molar-refractivity contribution in [3.05, 3.63) is 83.3 Å². The number of nitrogens with one attached hydrogen (secondary N) is 1. The molecule has 1 aromatic carbocycles. The molecule has 0 spiro atoms. The van der Waals surface area contributed by atoms with Gasteiger partial charge in [-0.2, -0.15) is 0 Å². The van der Waals surface area contributed by atoms with Crippen LogP contribution in [0.25, 0.3) is 11.3 Å². The van der Waals surface area contributed by atoms with Gasteiger partial charge in [0.1, 0.15) is 0 Å². The van der Waals surface area contributed by atoms with Crippen molar-refractivity contribution >= 4 is 17.5 Å². The van der Waals surface area contributed by atoms with Gasteiger partial charge in [-0.15, -0.1) is 0 Å². The predicted molar refractivity (Wildman–Crippen MR) is 90.1 cm³/mol. The summed E-state index contributed by atoms with van der Waals surface area (Å²) < 4.78 is 0. The highest BCUT2D eigenvalue weighted by atomic mass is 35.5. The van der Waals surface area contributed by atoms with Crippen LogP contribution in [0.3, 0.4) is 0 Å². The molecule has 3 rings (SSSR count). The van der Waals surface area contributed by atoms with E-state index in [2.05, 4.69) is 15.3 Å². The average molecular weight is 324 g/mol. The molecule has 0 aliphatic rings. The molecule has 0 saturated carbocycles. The van der Waals surface area contributed by atoms with Gasteiger partial charge >= 0.3 is 0 Å². The first-order valence-corrected chi connectivity index (χ1v) is 7.50. The molecule has 5 heteroatoms. The summed E-state index contributed by atoms with van der Waals surface area (Å²) in [5.74, 6) is -0.202. The number of nitrogens with zero attached hydrogens (tertiary/aromatic N) is 2. The summed E-state index contributed by atoms with van der Waals surface area (Å²) in [6, 6.07) is 14.6. The van der Waals surface area contributed by atoms with Crippen LogP contribution in [0.15, 0.2) is 67.1 Å². The zero-order chi connectivity index (χ0) is 16.1. The number of hydrogen-bond acceptors (Lipinski definition) is 3. The Hall–Kier alpha value is -2.72. The van der Waals surface area contributed by atoms with Crippen molar-refractivity contribution in [3.8, 4) is 11.3 Å². The van der Waals surface area contributed by atoms with Gasteiger partial charge in [-0.05, 0) is 35.9 Å². The Labute approximate surface area is 139 Å². The Balaban J connectivity index is 1.65. The summed E-state index contributed by atoms with van der Waals surface area (Å²) in [6.45, 7) is 0.393. The molecule has 2 aromatic heterocycles. The quantitative estimate of drug-likeness (QED) is 0.796. The lowest BCUT2D eigenvalue weighted by Gasteiger charge is -2.07. The maximum atomic E-state index is 12.1. The largest absolute Gasteiger partial charge is 0.348 e. The van der Waals surface area contributed by atoms with Crippen LogP contribution in [0.2, 0.25) is 5.02 Å². The summed E-state index contributed by atoms with van der Waals surface area (Å²) in [5.41, 5.74) is 3.19. The average Bonchev–Trinajstić information content (AvgIpc) is 2.61. The molecule has 0 radical (unpaired) electrons. The minimum Gasteiger partial charge on any atom is -0.348 e. The predicted octanol–water partition coefficient (Wildman–Crippen LogP) is 3.73. The van der Waals surface area contributed by atoms with Gasteiger partial charge < -0.3 is 5.32 Å². The molecule has 0 atom stereocenters. The second-order valence-electron chi connectivity index (χ2n) is 4.96. The second-order valence-corrected chi connectivity index (χ2v) is 5.36. The van der Waals surface area contributed by atoms with Crippen LogP contribution in [0.1, 0.15) is 15.9 Å². The first-order chi connectivity index (χ1) is 11.2. The number of halogens is 1. The minimum absolute atomic E-state index is 0.202. The summed E-state index contributed by atoms with van der Waals surface area (Å²) >= 11 is 6.01. The molecule has 23 heavy (non-hydrogen) atoms. The summed E-state index contributed by atoms with van der Waals surface area (Å²) in [6.07, 6.45) is 5.23. The van der Waals surface area contributed by atoms with Crippen LogP contribution >= 0.6 is 11.6 Å². The molecule has 4 nitrogen and oxygen atoms in total. The third kappa shape index (κ3) is 3.73. The monoisotopic (exact) mass is 323 g/mol. The second kappa shape index (κ2) is 7.03. The van der Waals surface area contributed by atoms with Crippen molar-refractivity contribution < 1.29 is 4.79 Å². The van der Waals surface area contributed by atoms with E-state index in [1.54, 1.807) is 42.9 Å². The fourth-order valence-corrected chi connectivity index (χ4v) is 2.36. The number of carbonyl (C=O) groups is 1. The summed E-state index contributed by atoms with van der Waals surface area (Å²) in [7, 11) is 0. The highest BCUT2D eigenvalue weighted by Crippen LogP contribution is 2.16. The normalized spacial score (nSPS) is 10.3. The maximum absolute atomic E-state index is 12.1. The lowest BCUT2D eigenvalue weighted by molar-refractivity contribution is 0.0951. The first-order valence-electron chi connectivity index (χ1n) is 7.12. The van der Waals surface area contributed by atoms with E-state index in [0.29, 0.717) is 17.1 Å². The van der Waals surface area contributed by atoms with E-state index in [1.807, 2.05) is 24.3 Å². The van der Waals surface area contributed by atoms with E-state index in [0.717, 1.165) is 16.8 Å². The zero-order valence-corrected chi connectivity index (χ0v) is 13.0. The topological polar surface area (TPSA) is 54.9 Å². The maximum Gasteiger partial charge on any atom is 0.253 e. The van der Waals surface area contributed by atoms with Gasteiger partial charge in [0.25, 0.3) is 5.91 Å². The number of rotatable bonds is 4. The molecule has 3 aromatic rings. The Morgan fingerprint density at radius 2 is 1.91 bits per heavy atom. The number of carbonyl (C=O) groups excluding carboxylic acids is 1. The van der Waals surface area contributed by atoms with Crippen LogP contribution in [0.4, 0.5) is 0 Å². The van der Waals surface area contributed by atoms with Crippen LogP contribution in [0.5, 0.6) is 0 Å². The smallest absolute Gasteiger partial charge is 0.253 e. The zero-order valence-electron chi connectivity index (χ0n) is 12.2. The molecule has 1 amide bonds. The van der Waals surface area contributed by atoms with Crippen molar-refractivity contribution in [3.63, 3.8) is 0 Å². The van der Waals surface area contributed by atoms with Gasteiger partial charge in [0, 0.05) is 30.7 Å². The Kier molecular flexibility index (Phi) is 4.64. The molecule has 114 valence electrons. The van der Waals surface area contributed by atoms with E-state index in [-0.39, 0.29) is 5.91 Å². The Morgan fingerprint density at radius 3 is 2.61 bits per heavy atom. The number of benzene rings is 1. The minimum atomic E-state index is -0.202. The molecule has 0 fully saturated rings. The SMILES string of the molecule is O=C(NCc1ccc(-c2cccnc2)nc1)c1ccccc1Cl. The lowest BCUT2D eigenvalue weighted by atomic mass is 10.1. The molecule has 2 heterocycles. The number of hydrogen-bond donors (Lipinski definition) is 1. The molecule has 0 unspecified atom stereocenters. The van der Waals surface area contributed by atoms with Gasteiger partial charge in [0.15, 0.2) is 0 Å². The standard InChI is InChI=1S/C18H14ClN3O/c19-16-6-2-1-5-15(16)18(23)22-11-13-7-8-17(21-10-13)14-4-3-9-20-12-14/h1-10,12H,11H2,(H,22,23). The highest BCUT2D eigenvalue weighted by molar-refractivity contribution is 6.33. The van der Waals surface area contributed by atoms with Crippen LogP contribution < -0.4 is 5.32 Å². The fraction of sp³-hybridized carbons (Fsp3) is 0.0556. The van der Waals surface area contributed by atoms with Gasteiger partial charge in [0.2, 0.25) is 0 Å². The molecule has 0 aliphatic carbocycles. The third-order valence-electron chi connectivity index (χ3n) is 3.35. The van der Waals surface area contributed by atoms with E-state index >= 15 is 0 Å². The van der Waals surface area contributed by atoms with Crippen molar-refractivity contribution in [1.82, 2.24) is 15.3 Å². The number of pyridine rings is 2. The van der Waals surface area contributed by atoms with Crippen molar-refractivity contribution in [2.45, 2.75) is 6.54 Å². The van der Waals surface area contributed by atoms with E-state index in [1.165, 1.54) is 0 Å². The fourth-order valence-electron chi connectivity index (χ4n) is 2.14. The summed E-state index contributed by atoms with van der Waals surface area (Å²) in [5, 5.41) is 3.28. The van der Waals surface area contributed by atoms with Crippen molar-refractivity contribution in [2.24, 2.45) is 0 Å². The molecule has 0 aliphatic heterocycles. The Morgan fingerprint density at radius 1 is 1.04 bits per heavy atom. The van der Waals surface area contributed by atoms with Gasteiger partial charge in [-0.25, -0.2) is 0 Å². The van der Waals surface area contributed by atoms with Gasteiger partial charge in [-0.1, -0.05) is 29.8 Å². The molecule has 0 bridgehead atoms. The van der Waals surface area contributed by atoms with Crippen LogP contribution in [0, 0.1) is 0 Å². The highest BCUT2D eigenvalue weighted by Gasteiger charge is 2.09. The molecular weight excluding hydrogens is 310 g/mol. The molecule has 1 N–H and O–H groups in total. The molecular formula is C18H14ClN3O. The van der Waals surface area contributed by atoms with Gasteiger partial charge in [0.05, 0.1) is 16.3 Å². The number of amides is 1. The van der Waals surface area contributed by atoms with Crippen molar-refractivity contribution in [1.29, 1.82) is 0 Å². The van der Waals surface area contributed by atoms with Crippen molar-refractivity contribution in [2.75, 3.05) is 0 Å². The van der Waals surface area contributed by atoms with E-state index in [4.69, 9.17) is 11.6 Å². The lowest BCUT2D eigenvalue weighted by Crippen LogP contribution is -2.23. The van der Waals surface area contributed by atoms with E-state index < -0.39 is 0 Å². The van der Waals surface area contributed by atoms with Gasteiger partial charge in [-0.3, -0.25) is 14.8 Å². The van der Waals surface area contributed by atoms with Crippen LogP contribution in [-0.4, -0.2) is 15.9 Å². The van der Waals surface area contributed by atoms with Crippen LogP contribution in [-0.2, 0) is 6.54 Å². The van der Waals surface area contributed by atoms with E-state index in [9.17, 15) is 4.79 Å². The summed E-state index contributed by atoms with van der Waals surface area (Å²) in [4.78, 5) is 20.6. The first kappa shape index (κ1) is 15.2. The third-order valence-corrected chi connectivity index (χ3v) is 3.68. The molecule has 0 saturated heterocycles. The Bertz CT molecular complexity index is 804. The number of aromatic nitrogens is 2.